The van der Waals surface area contributed by atoms with Crippen molar-refractivity contribution in [1.29, 1.82) is 0 Å². The largest absolute Gasteiger partial charge is 0.474 e. The van der Waals surface area contributed by atoms with Crippen LogP contribution >= 0.6 is 0 Å². The summed E-state index contributed by atoms with van der Waals surface area (Å²) in [4.78, 5) is 4.19. The summed E-state index contributed by atoms with van der Waals surface area (Å²) in [5.41, 5.74) is 8.21. The molecule has 8 nitrogen and oxygen atoms in total. The molecule has 0 radical (unpaired) electrons. The highest BCUT2D eigenvalue weighted by Gasteiger charge is 2.21. The van der Waals surface area contributed by atoms with Gasteiger partial charge in [-0.15, -0.1) is 5.10 Å². The summed E-state index contributed by atoms with van der Waals surface area (Å²) in [5.74, 6) is 0.858. The number of nitrogens with two attached hydrogens (primary N) is 1. The Hall–Kier alpha value is -2.61. The maximum Gasteiger partial charge on any atom is 0.240 e. The molecule has 0 saturated carbocycles. The van der Waals surface area contributed by atoms with Gasteiger partial charge in [0.1, 0.15) is 6.10 Å². The van der Waals surface area contributed by atoms with Gasteiger partial charge >= 0.3 is 0 Å². The van der Waals surface area contributed by atoms with E-state index in [0.29, 0.717) is 24.7 Å². The molecule has 0 unspecified atom stereocenters. The molecule has 1 saturated heterocycles. The van der Waals surface area contributed by atoms with Crippen LogP contribution in [0.5, 0.6) is 5.88 Å². The molecule has 4 heterocycles. The zero-order valence-electron chi connectivity index (χ0n) is 11.9. The molecule has 0 amide bonds. The second-order valence-corrected chi connectivity index (χ2v) is 5.21. The van der Waals surface area contributed by atoms with E-state index in [0.717, 1.165) is 24.0 Å². The molecule has 3 N–H and O–H groups in total. The lowest BCUT2D eigenvalue weighted by Crippen LogP contribution is -2.27. The number of aromatic amines is 1. The first-order chi connectivity index (χ1) is 10.8. The van der Waals surface area contributed by atoms with Gasteiger partial charge in [-0.3, -0.25) is 5.10 Å². The first-order valence-corrected chi connectivity index (χ1v) is 7.20. The van der Waals surface area contributed by atoms with Crippen LogP contribution in [0.25, 0.3) is 16.8 Å². The molecule has 0 aliphatic carbocycles. The molecule has 1 fully saturated rings. The van der Waals surface area contributed by atoms with Gasteiger partial charge in [0.15, 0.2) is 5.65 Å². The number of ether oxygens (including phenoxy) is 2. The third-order valence-corrected chi connectivity index (χ3v) is 3.73. The van der Waals surface area contributed by atoms with Crippen molar-refractivity contribution in [3.8, 4) is 17.0 Å². The van der Waals surface area contributed by atoms with Crippen molar-refractivity contribution in [1.82, 2.24) is 24.8 Å². The lowest BCUT2D eigenvalue weighted by Gasteiger charge is -2.24. The lowest BCUT2D eigenvalue weighted by molar-refractivity contribution is 0.0231. The van der Waals surface area contributed by atoms with Gasteiger partial charge < -0.3 is 15.2 Å². The standard InChI is InChI=1S/C14H16N6O2/c15-14-18-12-2-1-11(9-7-16-17-8-9)13(20(12)19-14)22-10-3-5-21-6-4-10/h1-2,7-8,10H,3-6H2,(H2,15,19)(H,16,17). The first kappa shape index (κ1) is 13.1. The highest BCUT2D eigenvalue weighted by atomic mass is 16.5. The van der Waals surface area contributed by atoms with Crippen molar-refractivity contribution in [2.45, 2.75) is 18.9 Å². The van der Waals surface area contributed by atoms with Crippen LogP contribution < -0.4 is 10.5 Å². The molecule has 1 aliphatic heterocycles. The molecule has 1 aliphatic rings. The Balaban J connectivity index is 1.82. The van der Waals surface area contributed by atoms with Crippen molar-refractivity contribution in [3.63, 3.8) is 0 Å². The Morgan fingerprint density at radius 3 is 2.95 bits per heavy atom. The van der Waals surface area contributed by atoms with Gasteiger partial charge in [-0.2, -0.15) is 14.6 Å². The van der Waals surface area contributed by atoms with E-state index in [2.05, 4.69) is 20.3 Å². The number of H-pyrrole nitrogens is 1. The van der Waals surface area contributed by atoms with Gasteiger partial charge in [0, 0.05) is 30.2 Å². The van der Waals surface area contributed by atoms with Crippen molar-refractivity contribution in [2.75, 3.05) is 18.9 Å². The van der Waals surface area contributed by atoms with Gasteiger partial charge in [-0.25, -0.2) is 0 Å². The molecule has 8 heteroatoms. The van der Waals surface area contributed by atoms with E-state index in [1.807, 2.05) is 18.3 Å². The van der Waals surface area contributed by atoms with E-state index < -0.39 is 0 Å². The van der Waals surface area contributed by atoms with Gasteiger partial charge in [-0.1, -0.05) is 0 Å². The highest BCUT2D eigenvalue weighted by Crippen LogP contribution is 2.32. The Kier molecular flexibility index (Phi) is 3.15. The minimum Gasteiger partial charge on any atom is -0.474 e. The summed E-state index contributed by atoms with van der Waals surface area (Å²) in [6, 6.07) is 3.81. The number of aromatic nitrogens is 5. The predicted octanol–water partition coefficient (Wildman–Crippen LogP) is 1.26. The van der Waals surface area contributed by atoms with Crippen LogP contribution in [0.2, 0.25) is 0 Å². The van der Waals surface area contributed by atoms with Crippen LogP contribution in [0.3, 0.4) is 0 Å². The monoisotopic (exact) mass is 300 g/mol. The quantitative estimate of drug-likeness (QED) is 0.754. The summed E-state index contributed by atoms with van der Waals surface area (Å²) in [7, 11) is 0. The summed E-state index contributed by atoms with van der Waals surface area (Å²) < 4.78 is 13.2. The highest BCUT2D eigenvalue weighted by molar-refractivity contribution is 5.70. The van der Waals surface area contributed by atoms with Crippen LogP contribution in [0.15, 0.2) is 24.5 Å². The SMILES string of the molecule is Nc1nc2ccc(-c3cn[nH]c3)c(OC3CCOCC3)n2n1. The number of pyridine rings is 1. The topological polar surface area (TPSA) is 103 Å². The van der Waals surface area contributed by atoms with Crippen LogP contribution in [0.4, 0.5) is 5.95 Å². The fraction of sp³-hybridized carbons (Fsp3) is 0.357. The van der Waals surface area contributed by atoms with Crippen LogP contribution in [-0.4, -0.2) is 44.1 Å². The molecular weight excluding hydrogens is 284 g/mol. The minimum atomic E-state index is 0.0930. The lowest BCUT2D eigenvalue weighted by atomic mass is 10.1. The molecule has 0 atom stereocenters. The summed E-state index contributed by atoms with van der Waals surface area (Å²) in [6.45, 7) is 1.42. The summed E-state index contributed by atoms with van der Waals surface area (Å²) >= 11 is 0. The molecular formula is C14H16N6O2. The van der Waals surface area contributed by atoms with E-state index in [1.54, 1.807) is 10.7 Å². The number of fused-ring (bicyclic) bond motifs is 1. The normalized spacial score (nSPS) is 16.2. The molecule has 4 rings (SSSR count). The van der Waals surface area contributed by atoms with Gasteiger partial charge in [0.05, 0.1) is 19.4 Å². The van der Waals surface area contributed by atoms with Gasteiger partial charge in [0.25, 0.3) is 0 Å². The van der Waals surface area contributed by atoms with Crippen molar-refractivity contribution in [3.05, 3.63) is 24.5 Å². The number of nitrogen functional groups attached to an aromatic ring is 1. The van der Waals surface area contributed by atoms with E-state index in [1.165, 1.54) is 0 Å². The molecule has 0 spiro atoms. The average Bonchev–Trinajstić information content (AvgIpc) is 3.17. The number of hydrogen-bond donors (Lipinski definition) is 2. The Bertz CT molecular complexity index is 776. The number of nitrogens with one attached hydrogen (secondary N) is 1. The van der Waals surface area contributed by atoms with Crippen LogP contribution in [-0.2, 0) is 4.74 Å². The fourth-order valence-corrected chi connectivity index (χ4v) is 2.62. The number of nitrogens with zero attached hydrogens (tertiary/aromatic N) is 4. The zero-order valence-corrected chi connectivity index (χ0v) is 11.9. The third-order valence-electron chi connectivity index (χ3n) is 3.73. The number of rotatable bonds is 3. The van der Waals surface area contributed by atoms with E-state index >= 15 is 0 Å². The molecule has 0 bridgehead atoms. The maximum atomic E-state index is 6.22. The second kappa shape index (κ2) is 5.30. The van der Waals surface area contributed by atoms with Crippen molar-refractivity contribution >= 4 is 11.6 Å². The molecule has 3 aromatic heterocycles. The average molecular weight is 300 g/mol. The third kappa shape index (κ3) is 2.27. The smallest absolute Gasteiger partial charge is 0.240 e. The minimum absolute atomic E-state index is 0.0930. The van der Waals surface area contributed by atoms with Gasteiger partial charge in [0.2, 0.25) is 11.8 Å². The first-order valence-electron chi connectivity index (χ1n) is 7.20. The Labute approximate surface area is 126 Å². The van der Waals surface area contributed by atoms with E-state index in [-0.39, 0.29) is 12.1 Å². The van der Waals surface area contributed by atoms with E-state index in [4.69, 9.17) is 15.2 Å². The Morgan fingerprint density at radius 1 is 1.32 bits per heavy atom. The molecule has 3 aromatic rings. The molecule has 114 valence electrons. The number of hydrogen-bond acceptors (Lipinski definition) is 6. The van der Waals surface area contributed by atoms with Crippen molar-refractivity contribution in [2.24, 2.45) is 0 Å². The molecule has 0 aromatic carbocycles. The van der Waals surface area contributed by atoms with Gasteiger partial charge in [-0.05, 0) is 12.1 Å². The fourth-order valence-electron chi connectivity index (χ4n) is 2.62. The maximum absolute atomic E-state index is 6.22. The Morgan fingerprint density at radius 2 is 2.18 bits per heavy atom. The molecule has 22 heavy (non-hydrogen) atoms. The summed E-state index contributed by atoms with van der Waals surface area (Å²) in [5, 5.41) is 11.1. The zero-order chi connectivity index (χ0) is 14.9. The second-order valence-electron chi connectivity index (χ2n) is 5.21. The van der Waals surface area contributed by atoms with Crippen LogP contribution in [0.1, 0.15) is 12.8 Å². The number of anilines is 1. The summed E-state index contributed by atoms with van der Waals surface area (Å²) in [6.07, 6.45) is 5.36. The van der Waals surface area contributed by atoms with Crippen LogP contribution in [0, 0.1) is 0 Å². The van der Waals surface area contributed by atoms with E-state index in [9.17, 15) is 0 Å². The predicted molar refractivity (Wildman–Crippen MR) is 79.5 cm³/mol. The van der Waals surface area contributed by atoms with Crippen molar-refractivity contribution < 1.29 is 9.47 Å².